The van der Waals surface area contributed by atoms with Gasteiger partial charge in [0.05, 0.1) is 4.90 Å². The third kappa shape index (κ3) is 1.88. The van der Waals surface area contributed by atoms with Crippen LogP contribution in [-0.2, 0) is 9.84 Å². The topological polar surface area (TPSA) is 37.4 Å². The Morgan fingerprint density at radius 1 is 1.31 bits per heavy atom. The molecule has 1 aliphatic rings. The Kier molecular flexibility index (Phi) is 2.82. The second-order valence-corrected chi connectivity index (χ2v) is 6.21. The predicted octanol–water partition coefficient (Wildman–Crippen LogP) is 2.03. The van der Waals surface area contributed by atoms with E-state index in [4.69, 9.17) is 11.6 Å². The van der Waals surface area contributed by atoms with E-state index in [-0.39, 0.29) is 0 Å². The van der Waals surface area contributed by atoms with Gasteiger partial charge in [0.1, 0.15) is 0 Å². The van der Waals surface area contributed by atoms with Crippen LogP contribution in [0.1, 0.15) is 5.56 Å². The molecular formula is C11H12ClNO2S. The summed E-state index contributed by atoms with van der Waals surface area (Å²) >= 11 is 6.05. The minimum Gasteiger partial charge on any atom is -0.305 e. The minimum atomic E-state index is -3.30. The molecule has 2 rings (SSSR count). The fourth-order valence-corrected chi connectivity index (χ4v) is 3.66. The van der Waals surface area contributed by atoms with Gasteiger partial charge in [-0.3, -0.25) is 0 Å². The molecule has 0 spiro atoms. The molecule has 3 nitrogen and oxygen atoms in total. The number of nitrogens with zero attached hydrogens (tertiary/aromatic N) is 1. The van der Waals surface area contributed by atoms with Gasteiger partial charge >= 0.3 is 0 Å². The average molecular weight is 258 g/mol. The lowest BCUT2D eigenvalue weighted by Crippen LogP contribution is -2.14. The molecule has 1 aromatic carbocycles. The van der Waals surface area contributed by atoms with Gasteiger partial charge < -0.3 is 4.90 Å². The summed E-state index contributed by atoms with van der Waals surface area (Å²) in [6.07, 6.45) is 0. The van der Waals surface area contributed by atoms with E-state index in [1.807, 2.05) is 19.0 Å². The first-order valence-corrected chi connectivity index (χ1v) is 6.73. The van der Waals surface area contributed by atoms with E-state index in [9.17, 15) is 8.42 Å². The van der Waals surface area contributed by atoms with Crippen LogP contribution in [0.4, 0.5) is 0 Å². The van der Waals surface area contributed by atoms with Crippen LogP contribution >= 0.6 is 11.6 Å². The van der Waals surface area contributed by atoms with Gasteiger partial charge in [0, 0.05) is 22.5 Å². The predicted molar refractivity (Wildman–Crippen MR) is 65.2 cm³/mol. The maximum Gasteiger partial charge on any atom is 0.200 e. The van der Waals surface area contributed by atoms with Crippen LogP contribution in [0.25, 0.3) is 5.57 Å². The highest BCUT2D eigenvalue weighted by atomic mass is 35.5. The highest BCUT2D eigenvalue weighted by Gasteiger charge is 2.28. The summed E-state index contributed by atoms with van der Waals surface area (Å²) in [5, 5.41) is 1.80. The van der Waals surface area contributed by atoms with Gasteiger partial charge in [-0.1, -0.05) is 17.7 Å². The molecule has 0 fully saturated rings. The fourth-order valence-electron chi connectivity index (χ4n) is 1.82. The quantitative estimate of drug-likeness (QED) is 0.814. The number of sulfone groups is 1. The van der Waals surface area contributed by atoms with Gasteiger partial charge in [0.25, 0.3) is 0 Å². The van der Waals surface area contributed by atoms with Crippen LogP contribution in [0.15, 0.2) is 28.5 Å². The highest BCUT2D eigenvalue weighted by molar-refractivity contribution is 7.95. The summed E-state index contributed by atoms with van der Waals surface area (Å²) < 4.78 is 23.7. The van der Waals surface area contributed by atoms with Crippen molar-refractivity contribution in [1.29, 1.82) is 0 Å². The Balaban J connectivity index is 2.62. The fraction of sp³-hybridized carbons (Fsp3) is 0.273. The molecule has 5 heteroatoms. The molecule has 0 amide bonds. The van der Waals surface area contributed by atoms with Crippen molar-refractivity contribution in [2.75, 3.05) is 20.6 Å². The first-order valence-electron chi connectivity index (χ1n) is 4.81. The lowest BCUT2D eigenvalue weighted by Gasteiger charge is -2.11. The van der Waals surface area contributed by atoms with Crippen LogP contribution < -0.4 is 0 Å². The molecule has 1 aliphatic heterocycles. The molecule has 86 valence electrons. The van der Waals surface area contributed by atoms with Crippen molar-refractivity contribution in [2.24, 2.45) is 0 Å². The third-order valence-electron chi connectivity index (χ3n) is 2.39. The van der Waals surface area contributed by atoms with Gasteiger partial charge in [0.15, 0.2) is 0 Å². The molecule has 0 bridgehead atoms. The Hall–Kier alpha value is -0.840. The maximum atomic E-state index is 11.8. The Morgan fingerprint density at radius 3 is 2.62 bits per heavy atom. The van der Waals surface area contributed by atoms with Crippen molar-refractivity contribution >= 4 is 27.0 Å². The van der Waals surface area contributed by atoms with E-state index in [2.05, 4.69) is 0 Å². The summed E-state index contributed by atoms with van der Waals surface area (Å²) in [7, 11) is 0.486. The van der Waals surface area contributed by atoms with Crippen molar-refractivity contribution in [1.82, 2.24) is 4.90 Å². The number of hydrogen-bond acceptors (Lipinski definition) is 3. The second-order valence-electron chi connectivity index (χ2n) is 4.04. The van der Waals surface area contributed by atoms with Gasteiger partial charge in [-0.25, -0.2) is 8.42 Å². The van der Waals surface area contributed by atoms with E-state index < -0.39 is 9.84 Å². The van der Waals surface area contributed by atoms with Crippen molar-refractivity contribution in [3.8, 4) is 0 Å². The summed E-state index contributed by atoms with van der Waals surface area (Å²) in [6, 6.07) is 4.96. The van der Waals surface area contributed by atoms with E-state index in [0.717, 1.165) is 5.57 Å². The second kappa shape index (κ2) is 3.87. The molecule has 0 saturated carbocycles. The first kappa shape index (κ1) is 11.6. The number of fused-ring (bicyclic) bond motifs is 1. The Labute approximate surface area is 100 Å². The molecule has 0 unspecified atom stereocenters. The summed E-state index contributed by atoms with van der Waals surface area (Å²) in [6.45, 7) is 0.565. The average Bonchev–Trinajstić information content (AvgIpc) is 2.38. The Morgan fingerprint density at radius 2 is 2.00 bits per heavy atom. The van der Waals surface area contributed by atoms with Crippen LogP contribution in [0, 0.1) is 0 Å². The normalized spacial score (nSPS) is 17.4. The monoisotopic (exact) mass is 257 g/mol. The highest BCUT2D eigenvalue weighted by Crippen LogP contribution is 2.37. The molecule has 16 heavy (non-hydrogen) atoms. The lowest BCUT2D eigenvalue weighted by molar-refractivity contribution is 0.463. The Bertz CT molecular complexity index is 561. The zero-order valence-electron chi connectivity index (χ0n) is 9.07. The largest absolute Gasteiger partial charge is 0.305 e. The third-order valence-corrected chi connectivity index (χ3v) is 4.25. The molecule has 0 N–H and O–H groups in total. The van der Waals surface area contributed by atoms with E-state index in [0.29, 0.717) is 22.0 Å². The molecule has 1 aromatic rings. The molecular weight excluding hydrogens is 246 g/mol. The summed E-state index contributed by atoms with van der Waals surface area (Å²) in [5.41, 5.74) is 1.41. The van der Waals surface area contributed by atoms with Gasteiger partial charge in [-0.2, -0.15) is 0 Å². The van der Waals surface area contributed by atoms with Crippen molar-refractivity contribution in [3.63, 3.8) is 0 Å². The molecule has 1 heterocycles. The number of halogens is 1. The molecule has 0 aliphatic carbocycles. The van der Waals surface area contributed by atoms with Gasteiger partial charge in [-0.15, -0.1) is 0 Å². The number of hydrogen-bond donors (Lipinski definition) is 0. The van der Waals surface area contributed by atoms with Crippen LogP contribution in [-0.4, -0.2) is 34.0 Å². The van der Waals surface area contributed by atoms with Crippen molar-refractivity contribution in [3.05, 3.63) is 34.2 Å². The minimum absolute atomic E-state index is 0.317. The molecule has 0 saturated heterocycles. The molecule has 0 aromatic heterocycles. The lowest BCUT2D eigenvalue weighted by atomic mass is 10.1. The molecule has 0 radical (unpaired) electrons. The van der Waals surface area contributed by atoms with Crippen molar-refractivity contribution < 1.29 is 8.42 Å². The zero-order valence-corrected chi connectivity index (χ0v) is 10.6. The van der Waals surface area contributed by atoms with E-state index in [1.165, 1.54) is 5.41 Å². The maximum absolute atomic E-state index is 11.8. The van der Waals surface area contributed by atoms with Crippen LogP contribution in [0.2, 0.25) is 5.02 Å². The SMILES string of the molecule is CN(C)CC1=CS(=O)(=O)c2cccc(Cl)c21. The van der Waals surface area contributed by atoms with Crippen molar-refractivity contribution in [2.45, 2.75) is 4.90 Å². The molecule has 0 atom stereocenters. The smallest absolute Gasteiger partial charge is 0.200 e. The first-order chi connectivity index (χ1) is 7.42. The van der Waals surface area contributed by atoms with E-state index >= 15 is 0 Å². The van der Waals surface area contributed by atoms with Gasteiger partial charge in [-0.05, 0) is 31.8 Å². The standard InChI is InChI=1S/C11H12ClNO2S/c1-13(2)6-8-7-16(14,15)10-5-3-4-9(12)11(8)10/h3-5,7H,6H2,1-2H3. The zero-order chi connectivity index (χ0) is 11.9. The number of likely N-dealkylation sites (N-methyl/N-ethyl adjacent to an activating group) is 1. The summed E-state index contributed by atoms with van der Waals surface area (Å²) in [5.74, 6) is 0. The summed E-state index contributed by atoms with van der Waals surface area (Å²) in [4.78, 5) is 2.23. The van der Waals surface area contributed by atoms with Gasteiger partial charge in [0.2, 0.25) is 9.84 Å². The van der Waals surface area contributed by atoms with Crippen LogP contribution in [0.3, 0.4) is 0 Å². The number of rotatable bonds is 2. The number of benzene rings is 1. The van der Waals surface area contributed by atoms with E-state index in [1.54, 1.807) is 18.2 Å². The van der Waals surface area contributed by atoms with Crippen LogP contribution in [0.5, 0.6) is 0 Å².